The molecule has 2 atom stereocenters. The Hall–Kier alpha value is -3.41. The fraction of sp³-hybridized carbons (Fsp3) is 0.259. The molecule has 9 heteroatoms. The first kappa shape index (κ1) is 25.7. The number of hydrogen-bond acceptors (Lipinski definition) is 3. The lowest BCUT2D eigenvalue weighted by atomic mass is 9.93. The van der Waals surface area contributed by atoms with Crippen molar-refractivity contribution < 1.29 is 22.4 Å². The fourth-order valence-electron chi connectivity index (χ4n) is 4.63. The van der Waals surface area contributed by atoms with Crippen LogP contribution in [0.25, 0.3) is 0 Å². The molecule has 0 spiro atoms. The topological polar surface area (TPSA) is 47.3 Å². The molecule has 0 aromatic heterocycles. The number of benzene rings is 3. The van der Waals surface area contributed by atoms with Crippen LogP contribution in [-0.2, 0) is 12.7 Å². The number of likely N-dealkylation sites (N-methyl/N-ethyl adjacent to an activating group) is 1. The molecule has 3 aromatic carbocycles. The Kier molecular flexibility index (Phi) is 7.34. The van der Waals surface area contributed by atoms with Gasteiger partial charge in [0.15, 0.2) is 0 Å². The maximum absolute atomic E-state index is 14.1. The lowest BCUT2D eigenvalue weighted by Gasteiger charge is -2.29. The van der Waals surface area contributed by atoms with Gasteiger partial charge in [-0.3, -0.25) is 9.69 Å². The molecule has 186 valence electrons. The molecule has 4 rings (SSSR count). The molecule has 36 heavy (non-hydrogen) atoms. The van der Waals surface area contributed by atoms with Gasteiger partial charge < -0.3 is 4.90 Å². The number of nitrogens with zero attached hydrogens (tertiary/aromatic N) is 3. The molecule has 1 saturated heterocycles. The summed E-state index contributed by atoms with van der Waals surface area (Å²) >= 11 is 6.22. The van der Waals surface area contributed by atoms with Crippen LogP contribution in [0.15, 0.2) is 66.7 Å². The zero-order chi connectivity index (χ0) is 26.0. The smallest absolute Gasteiger partial charge is 0.336 e. The summed E-state index contributed by atoms with van der Waals surface area (Å²) in [5, 5.41) is 9.56. The Bertz CT molecular complexity index is 1300. The number of amides is 1. The number of alkyl halides is 3. The molecule has 0 N–H and O–H groups in total. The summed E-state index contributed by atoms with van der Waals surface area (Å²) in [6, 6.07) is 18.5. The SMILES string of the molecule is CN(Cc1ccc(C(F)(F)F)c(F)c1)[C@H]1CN(C(=O)c2ccc(C#N)cc2)C[C@@H]1c1cccc(Cl)c1. The van der Waals surface area contributed by atoms with E-state index in [4.69, 9.17) is 16.9 Å². The number of carbonyl (C=O) groups is 1. The third kappa shape index (κ3) is 5.53. The van der Waals surface area contributed by atoms with Crippen LogP contribution in [0.4, 0.5) is 17.6 Å². The number of rotatable bonds is 5. The monoisotopic (exact) mass is 515 g/mol. The van der Waals surface area contributed by atoms with Crippen LogP contribution < -0.4 is 0 Å². The zero-order valence-electron chi connectivity index (χ0n) is 19.3. The van der Waals surface area contributed by atoms with Gasteiger partial charge in [-0.05, 0) is 66.7 Å². The van der Waals surface area contributed by atoms with Gasteiger partial charge >= 0.3 is 6.18 Å². The quantitative estimate of drug-likeness (QED) is 0.385. The normalized spacial score (nSPS) is 17.9. The highest BCUT2D eigenvalue weighted by atomic mass is 35.5. The van der Waals surface area contributed by atoms with E-state index in [2.05, 4.69) is 0 Å². The van der Waals surface area contributed by atoms with Gasteiger partial charge in [0.25, 0.3) is 5.91 Å². The minimum Gasteiger partial charge on any atom is -0.336 e. The second-order valence-corrected chi connectivity index (χ2v) is 9.29. The summed E-state index contributed by atoms with van der Waals surface area (Å²) in [6.07, 6.45) is -4.76. The Balaban J connectivity index is 1.59. The summed E-state index contributed by atoms with van der Waals surface area (Å²) in [6.45, 7) is 0.945. The molecule has 0 bridgehead atoms. The van der Waals surface area contributed by atoms with E-state index in [1.54, 1.807) is 42.3 Å². The lowest BCUT2D eigenvalue weighted by molar-refractivity contribution is -0.140. The van der Waals surface area contributed by atoms with Crippen LogP contribution in [0.2, 0.25) is 5.02 Å². The Morgan fingerprint density at radius 2 is 1.83 bits per heavy atom. The van der Waals surface area contributed by atoms with Crippen LogP contribution in [0, 0.1) is 17.1 Å². The molecular weight excluding hydrogens is 494 g/mol. The minimum absolute atomic E-state index is 0.129. The molecule has 1 fully saturated rings. The maximum Gasteiger partial charge on any atom is 0.419 e. The summed E-state index contributed by atoms with van der Waals surface area (Å²) in [5.41, 5.74) is 0.918. The van der Waals surface area contributed by atoms with Gasteiger partial charge in [-0.2, -0.15) is 18.4 Å². The number of carbonyl (C=O) groups excluding carboxylic acids is 1. The van der Waals surface area contributed by atoms with Crippen LogP contribution in [0.3, 0.4) is 0 Å². The molecule has 3 aromatic rings. The van der Waals surface area contributed by atoms with Gasteiger partial charge in [0, 0.05) is 42.2 Å². The van der Waals surface area contributed by atoms with Crippen molar-refractivity contribution in [3.63, 3.8) is 0 Å². The number of halogens is 5. The number of hydrogen-bond donors (Lipinski definition) is 0. The average molecular weight is 516 g/mol. The highest BCUT2D eigenvalue weighted by Crippen LogP contribution is 2.35. The molecule has 0 unspecified atom stereocenters. The van der Waals surface area contributed by atoms with Gasteiger partial charge in [-0.1, -0.05) is 29.8 Å². The average Bonchev–Trinajstić information content (AvgIpc) is 3.29. The molecule has 4 nitrogen and oxygen atoms in total. The van der Waals surface area contributed by atoms with E-state index < -0.39 is 17.6 Å². The standard InChI is InChI=1S/C27H22ClF4N3O/c1-34(14-18-7-10-23(24(29)11-18)27(30,31)32)25-16-35(15-22(25)20-3-2-4-21(28)12-20)26(36)19-8-5-17(13-33)6-9-19/h2-12,22,25H,14-16H2,1H3/t22-,25+/m1/s1. The largest absolute Gasteiger partial charge is 0.419 e. The van der Waals surface area contributed by atoms with Crippen LogP contribution in [0.5, 0.6) is 0 Å². The first-order valence-corrected chi connectivity index (χ1v) is 11.6. The summed E-state index contributed by atoms with van der Waals surface area (Å²) in [7, 11) is 1.80. The van der Waals surface area contributed by atoms with Gasteiger partial charge in [0.1, 0.15) is 5.82 Å². The zero-order valence-corrected chi connectivity index (χ0v) is 20.0. The van der Waals surface area contributed by atoms with E-state index in [1.165, 1.54) is 6.07 Å². The summed E-state index contributed by atoms with van der Waals surface area (Å²) in [5.74, 6) is -1.64. The summed E-state index contributed by atoms with van der Waals surface area (Å²) in [4.78, 5) is 16.9. The van der Waals surface area contributed by atoms with Crippen molar-refractivity contribution in [2.45, 2.75) is 24.7 Å². The maximum atomic E-state index is 14.1. The second kappa shape index (κ2) is 10.3. The molecule has 1 aliphatic heterocycles. The number of likely N-dealkylation sites (tertiary alicyclic amines) is 1. The first-order valence-electron chi connectivity index (χ1n) is 11.2. The van der Waals surface area contributed by atoms with Crippen molar-refractivity contribution in [3.05, 3.63) is 105 Å². The Morgan fingerprint density at radius 1 is 1.11 bits per heavy atom. The van der Waals surface area contributed by atoms with Crippen LogP contribution in [-0.4, -0.2) is 41.9 Å². The predicted octanol–water partition coefficient (Wildman–Crippen LogP) is 6.11. The van der Waals surface area contributed by atoms with E-state index in [-0.39, 0.29) is 24.4 Å². The summed E-state index contributed by atoms with van der Waals surface area (Å²) < 4.78 is 53.0. The minimum atomic E-state index is -4.76. The van der Waals surface area contributed by atoms with Crippen molar-refractivity contribution in [1.29, 1.82) is 5.26 Å². The lowest BCUT2D eigenvalue weighted by Crippen LogP contribution is -2.38. The van der Waals surface area contributed by atoms with E-state index in [9.17, 15) is 22.4 Å². The molecule has 0 aliphatic carbocycles. The van der Waals surface area contributed by atoms with E-state index in [0.29, 0.717) is 34.8 Å². The molecule has 0 saturated carbocycles. The van der Waals surface area contributed by atoms with Crippen molar-refractivity contribution >= 4 is 17.5 Å². The van der Waals surface area contributed by atoms with Crippen LogP contribution in [0.1, 0.15) is 38.5 Å². The van der Waals surface area contributed by atoms with Crippen molar-refractivity contribution in [1.82, 2.24) is 9.80 Å². The molecule has 1 amide bonds. The molecule has 1 heterocycles. The molecule has 1 aliphatic rings. The van der Waals surface area contributed by atoms with Crippen molar-refractivity contribution in [2.24, 2.45) is 0 Å². The third-order valence-corrected chi connectivity index (χ3v) is 6.69. The van der Waals surface area contributed by atoms with E-state index >= 15 is 0 Å². The first-order chi connectivity index (χ1) is 17.1. The third-order valence-electron chi connectivity index (χ3n) is 6.45. The van der Waals surface area contributed by atoms with Crippen molar-refractivity contribution in [2.75, 3.05) is 20.1 Å². The predicted molar refractivity (Wildman–Crippen MR) is 128 cm³/mol. The second-order valence-electron chi connectivity index (χ2n) is 8.86. The van der Waals surface area contributed by atoms with Gasteiger partial charge in [0.05, 0.1) is 17.2 Å². The van der Waals surface area contributed by atoms with Crippen LogP contribution >= 0.6 is 11.6 Å². The van der Waals surface area contributed by atoms with Crippen molar-refractivity contribution in [3.8, 4) is 6.07 Å². The highest BCUT2D eigenvalue weighted by molar-refractivity contribution is 6.30. The molecular formula is C27H22ClF4N3O. The Morgan fingerprint density at radius 3 is 2.44 bits per heavy atom. The van der Waals surface area contributed by atoms with E-state index in [1.807, 2.05) is 29.2 Å². The Labute approximate surface area is 211 Å². The number of nitriles is 1. The fourth-order valence-corrected chi connectivity index (χ4v) is 4.82. The highest BCUT2D eigenvalue weighted by Gasteiger charge is 2.39. The van der Waals surface area contributed by atoms with Gasteiger partial charge in [-0.25, -0.2) is 4.39 Å². The van der Waals surface area contributed by atoms with Gasteiger partial charge in [0.2, 0.25) is 0 Å². The molecule has 0 radical (unpaired) electrons. The van der Waals surface area contributed by atoms with E-state index in [0.717, 1.165) is 17.7 Å². The van der Waals surface area contributed by atoms with Gasteiger partial charge in [-0.15, -0.1) is 0 Å².